The number of amidine groups is 2. The number of nitrogens with zero attached hydrogens (tertiary/aromatic N) is 2. The van der Waals surface area contributed by atoms with E-state index < -0.39 is 28.6 Å². The van der Waals surface area contributed by atoms with E-state index in [4.69, 9.17) is 21.0 Å². The molecule has 0 saturated heterocycles. The van der Waals surface area contributed by atoms with Crippen molar-refractivity contribution in [3.05, 3.63) is 11.3 Å². The Hall–Kier alpha value is -1.65. The fourth-order valence-electron chi connectivity index (χ4n) is 1.28. The average molecular weight is 278 g/mol. The highest BCUT2D eigenvalue weighted by molar-refractivity contribution is 7.88. The Morgan fingerprint density at radius 2 is 2.22 bits per heavy atom. The van der Waals surface area contributed by atoms with E-state index in [0.29, 0.717) is 4.31 Å². The van der Waals surface area contributed by atoms with Gasteiger partial charge in [-0.05, 0) is 6.92 Å². The Balaban J connectivity index is 3.12. The molecule has 0 aliphatic carbocycles. The third-order valence-corrected chi connectivity index (χ3v) is 3.31. The molecule has 0 fully saturated rings. The fourth-order valence-corrected chi connectivity index (χ4v) is 2.25. The molecule has 102 valence electrons. The van der Waals surface area contributed by atoms with E-state index in [2.05, 4.69) is 4.40 Å². The second-order valence-electron chi connectivity index (χ2n) is 3.37. The fraction of sp³-hybridized carbons (Fsp3) is 0.500. The number of allylic oxidation sites excluding steroid dienone is 1. The summed E-state index contributed by atoms with van der Waals surface area (Å²) in [4.78, 5) is 0. The molecule has 1 heterocycles. The van der Waals surface area contributed by atoms with Crippen LogP contribution in [0, 0.1) is 5.41 Å². The zero-order valence-electron chi connectivity index (χ0n) is 9.62. The lowest BCUT2D eigenvalue weighted by Crippen LogP contribution is -2.46. The largest absolute Gasteiger partial charge is 0.512 e. The lowest BCUT2D eigenvalue weighted by atomic mass is 10.2. The number of rotatable bonds is 4. The number of nitrogens with two attached hydrogens (primary N) is 1. The highest BCUT2D eigenvalue weighted by Crippen LogP contribution is 2.18. The summed E-state index contributed by atoms with van der Waals surface area (Å²) in [6, 6.07) is 0. The molecule has 5 N–H and O–H groups in total. The summed E-state index contributed by atoms with van der Waals surface area (Å²) in [5, 5.41) is 25.6. The Morgan fingerprint density at radius 1 is 1.61 bits per heavy atom. The molecule has 1 aliphatic heterocycles. The van der Waals surface area contributed by atoms with Gasteiger partial charge in [-0.3, -0.25) is 5.41 Å². The summed E-state index contributed by atoms with van der Waals surface area (Å²) < 4.78 is 31.9. The number of nitrogens with one attached hydrogen (secondary N) is 1. The van der Waals surface area contributed by atoms with Gasteiger partial charge in [-0.25, -0.2) is 4.31 Å². The molecule has 0 aromatic rings. The van der Waals surface area contributed by atoms with Crippen LogP contribution in [0.3, 0.4) is 0 Å². The van der Waals surface area contributed by atoms with Crippen LogP contribution in [0.2, 0.25) is 0 Å². The SMILES string of the molecule is C/C(O)=C1/C(=N)N(COCCO)S(=O)(=O)N=C1N. The summed E-state index contributed by atoms with van der Waals surface area (Å²) >= 11 is 0. The van der Waals surface area contributed by atoms with Crippen LogP contribution in [0.4, 0.5) is 0 Å². The van der Waals surface area contributed by atoms with Crippen molar-refractivity contribution in [2.24, 2.45) is 10.1 Å². The van der Waals surface area contributed by atoms with Crippen LogP contribution >= 0.6 is 0 Å². The van der Waals surface area contributed by atoms with Gasteiger partial charge < -0.3 is 20.7 Å². The minimum Gasteiger partial charge on any atom is -0.512 e. The van der Waals surface area contributed by atoms with Crippen LogP contribution in [-0.2, 0) is 14.9 Å². The zero-order chi connectivity index (χ0) is 13.9. The maximum Gasteiger partial charge on any atom is 0.349 e. The first kappa shape index (κ1) is 14.4. The van der Waals surface area contributed by atoms with Crippen LogP contribution in [0.25, 0.3) is 0 Å². The van der Waals surface area contributed by atoms with Crippen molar-refractivity contribution >= 4 is 21.9 Å². The molecule has 0 spiro atoms. The van der Waals surface area contributed by atoms with Gasteiger partial charge in [0.1, 0.15) is 12.5 Å². The second-order valence-corrected chi connectivity index (χ2v) is 4.89. The maximum atomic E-state index is 11.6. The van der Waals surface area contributed by atoms with Crippen LogP contribution in [0.15, 0.2) is 15.7 Å². The van der Waals surface area contributed by atoms with E-state index in [1.807, 2.05) is 0 Å². The molecular formula is C8H14N4O5S. The smallest absolute Gasteiger partial charge is 0.349 e. The molecule has 0 saturated carbocycles. The Morgan fingerprint density at radius 3 is 2.72 bits per heavy atom. The first-order chi connectivity index (χ1) is 8.31. The molecule has 0 atom stereocenters. The third kappa shape index (κ3) is 2.78. The maximum absolute atomic E-state index is 11.6. The van der Waals surface area contributed by atoms with Crippen molar-refractivity contribution in [1.82, 2.24) is 4.31 Å². The van der Waals surface area contributed by atoms with E-state index in [1.165, 1.54) is 6.92 Å². The normalized spacial score (nSPS) is 21.8. The van der Waals surface area contributed by atoms with E-state index in [0.717, 1.165) is 0 Å². The second kappa shape index (κ2) is 5.33. The molecule has 0 radical (unpaired) electrons. The van der Waals surface area contributed by atoms with Crippen LogP contribution in [0.5, 0.6) is 0 Å². The Bertz CT molecular complexity index is 506. The minimum absolute atomic E-state index is 0.0876. The summed E-state index contributed by atoms with van der Waals surface area (Å²) in [5.74, 6) is -1.29. The number of hydrogen-bond donors (Lipinski definition) is 4. The minimum atomic E-state index is -4.15. The topological polar surface area (TPSA) is 149 Å². The molecule has 10 heteroatoms. The van der Waals surface area contributed by atoms with Gasteiger partial charge in [0.25, 0.3) is 0 Å². The number of aliphatic hydroxyl groups is 2. The lowest BCUT2D eigenvalue weighted by Gasteiger charge is -2.27. The molecule has 0 aromatic carbocycles. The molecule has 1 rings (SSSR count). The van der Waals surface area contributed by atoms with Crippen molar-refractivity contribution < 1.29 is 23.4 Å². The van der Waals surface area contributed by atoms with Gasteiger partial charge in [-0.15, -0.1) is 4.40 Å². The van der Waals surface area contributed by atoms with Gasteiger partial charge in [-0.1, -0.05) is 0 Å². The molecule has 18 heavy (non-hydrogen) atoms. The van der Waals surface area contributed by atoms with Gasteiger partial charge in [0, 0.05) is 0 Å². The van der Waals surface area contributed by atoms with Gasteiger partial charge in [0.05, 0.1) is 18.8 Å². The molecule has 1 aliphatic rings. The zero-order valence-corrected chi connectivity index (χ0v) is 10.4. The molecule has 0 amide bonds. The van der Waals surface area contributed by atoms with Crippen LogP contribution in [-0.4, -0.2) is 54.6 Å². The predicted octanol–water partition coefficient (Wildman–Crippen LogP) is -1.32. The number of aliphatic hydroxyl groups excluding tert-OH is 2. The summed E-state index contributed by atoms with van der Waals surface area (Å²) in [5.41, 5.74) is 5.20. The predicted molar refractivity (Wildman–Crippen MR) is 63.3 cm³/mol. The van der Waals surface area contributed by atoms with Gasteiger partial charge >= 0.3 is 10.2 Å². The molecule has 0 aromatic heterocycles. The van der Waals surface area contributed by atoms with Crippen LogP contribution < -0.4 is 5.73 Å². The van der Waals surface area contributed by atoms with Gasteiger partial charge in [0.2, 0.25) is 0 Å². The van der Waals surface area contributed by atoms with E-state index in [1.54, 1.807) is 0 Å². The quantitative estimate of drug-likeness (QED) is 0.370. The average Bonchev–Trinajstić information content (AvgIpc) is 2.20. The van der Waals surface area contributed by atoms with E-state index in [9.17, 15) is 13.5 Å². The monoisotopic (exact) mass is 278 g/mol. The van der Waals surface area contributed by atoms with Crippen molar-refractivity contribution in [3.8, 4) is 0 Å². The first-order valence-electron chi connectivity index (χ1n) is 4.87. The molecular weight excluding hydrogens is 264 g/mol. The number of hydrogen-bond acceptors (Lipinski definition) is 7. The Labute approximate surface area is 104 Å². The first-order valence-corrected chi connectivity index (χ1v) is 6.26. The van der Waals surface area contributed by atoms with E-state index >= 15 is 0 Å². The van der Waals surface area contributed by atoms with Crippen molar-refractivity contribution in [2.45, 2.75) is 6.92 Å². The van der Waals surface area contributed by atoms with Gasteiger partial charge in [0.15, 0.2) is 11.7 Å². The van der Waals surface area contributed by atoms with Crippen molar-refractivity contribution in [2.75, 3.05) is 19.9 Å². The summed E-state index contributed by atoms with van der Waals surface area (Å²) in [6.07, 6.45) is 0. The van der Waals surface area contributed by atoms with Crippen molar-refractivity contribution in [3.63, 3.8) is 0 Å². The van der Waals surface area contributed by atoms with Crippen molar-refractivity contribution in [1.29, 1.82) is 5.41 Å². The Kier molecular flexibility index (Phi) is 4.27. The van der Waals surface area contributed by atoms with E-state index in [-0.39, 0.29) is 24.5 Å². The highest BCUT2D eigenvalue weighted by Gasteiger charge is 2.34. The standard InChI is InChI=1S/C8H14N4O5S/c1-5(14)6-7(9)11-18(15,16)12(8(6)10)4-17-3-2-13/h10,13-14H,2-4H2,1H3,(H2,9,11)/b6-5-,10-8?. The molecule has 9 nitrogen and oxygen atoms in total. The van der Waals surface area contributed by atoms with Crippen LogP contribution in [0.1, 0.15) is 6.92 Å². The van der Waals surface area contributed by atoms with Gasteiger partial charge in [-0.2, -0.15) is 8.42 Å². The molecule has 0 unspecified atom stereocenters. The lowest BCUT2D eigenvalue weighted by molar-refractivity contribution is 0.0640. The highest BCUT2D eigenvalue weighted by atomic mass is 32.2. The summed E-state index contributed by atoms with van der Waals surface area (Å²) in [7, 11) is -4.15. The molecule has 0 bridgehead atoms. The summed E-state index contributed by atoms with van der Waals surface area (Å²) in [6.45, 7) is 0.399. The third-order valence-electron chi connectivity index (χ3n) is 2.04. The number of ether oxygens (including phenoxy) is 1.